The van der Waals surface area contributed by atoms with Crippen LogP contribution in [0.1, 0.15) is 30.1 Å². The fraction of sp³-hybridized carbons (Fsp3) is 0.389. The van der Waals surface area contributed by atoms with E-state index in [-0.39, 0.29) is 17.9 Å². The molecule has 1 aliphatic rings. The van der Waals surface area contributed by atoms with E-state index in [0.29, 0.717) is 29.7 Å². The predicted octanol–water partition coefficient (Wildman–Crippen LogP) is 4.07. The highest BCUT2D eigenvalue weighted by molar-refractivity contribution is 6.30. The van der Waals surface area contributed by atoms with E-state index in [1.165, 1.54) is 0 Å². The van der Waals surface area contributed by atoms with Crippen molar-refractivity contribution in [3.05, 3.63) is 52.4 Å². The second-order valence-electron chi connectivity index (χ2n) is 6.78. The lowest BCUT2D eigenvalue weighted by Gasteiger charge is -2.39. The van der Waals surface area contributed by atoms with Gasteiger partial charge in [-0.2, -0.15) is 22.7 Å². The van der Waals surface area contributed by atoms with Crippen LogP contribution in [-0.2, 0) is 10.9 Å². The van der Waals surface area contributed by atoms with Gasteiger partial charge in [-0.25, -0.2) is 4.98 Å². The number of aryl methyl sites for hydroxylation is 1. The van der Waals surface area contributed by atoms with Gasteiger partial charge in [0.25, 0.3) is 11.6 Å². The van der Waals surface area contributed by atoms with E-state index in [0.717, 1.165) is 10.1 Å². The maximum atomic E-state index is 13.1. The standard InChI is InChI=1S/C18H17ClF3N5O/c1-10-6-15(27-17(23-10)24-16(25-27)18(20,21)22)26-8-14(28-9-11(26)2)12-4-3-5-13(19)7-12/h3-7,11,14H,8-9H2,1-2H3. The van der Waals surface area contributed by atoms with Crippen molar-refractivity contribution in [2.45, 2.75) is 32.2 Å². The molecule has 28 heavy (non-hydrogen) atoms. The molecule has 0 bridgehead atoms. The molecular formula is C18H17ClF3N5O. The molecule has 0 aliphatic carbocycles. The van der Waals surface area contributed by atoms with Gasteiger partial charge in [0.05, 0.1) is 19.2 Å². The molecule has 0 spiro atoms. The number of halogens is 4. The molecule has 2 unspecified atom stereocenters. The Hall–Kier alpha value is -2.39. The van der Waals surface area contributed by atoms with E-state index in [1.807, 2.05) is 30.0 Å². The van der Waals surface area contributed by atoms with Gasteiger partial charge < -0.3 is 9.64 Å². The highest BCUT2D eigenvalue weighted by Gasteiger charge is 2.37. The molecule has 3 aromatic rings. The van der Waals surface area contributed by atoms with Crippen molar-refractivity contribution in [1.82, 2.24) is 19.6 Å². The molecule has 4 rings (SSSR count). The lowest BCUT2D eigenvalue weighted by Crippen LogP contribution is -2.46. The van der Waals surface area contributed by atoms with Crippen LogP contribution >= 0.6 is 11.6 Å². The molecule has 1 aliphatic heterocycles. The number of alkyl halides is 3. The normalized spacial score (nSPS) is 20.7. The van der Waals surface area contributed by atoms with Gasteiger partial charge in [-0.15, -0.1) is 5.10 Å². The summed E-state index contributed by atoms with van der Waals surface area (Å²) in [7, 11) is 0. The molecule has 0 saturated carbocycles. The Morgan fingerprint density at radius 1 is 1.21 bits per heavy atom. The van der Waals surface area contributed by atoms with Gasteiger partial charge in [-0.05, 0) is 31.5 Å². The van der Waals surface area contributed by atoms with Crippen LogP contribution in [0.25, 0.3) is 5.78 Å². The van der Waals surface area contributed by atoms with Gasteiger partial charge in [0.15, 0.2) is 0 Å². The average molecular weight is 412 g/mol. The third kappa shape index (κ3) is 3.51. The molecule has 0 radical (unpaired) electrons. The Morgan fingerprint density at radius 3 is 2.71 bits per heavy atom. The minimum atomic E-state index is -4.64. The van der Waals surface area contributed by atoms with Crippen molar-refractivity contribution in [2.75, 3.05) is 18.1 Å². The minimum absolute atomic E-state index is 0.0704. The van der Waals surface area contributed by atoms with Gasteiger partial charge in [0.2, 0.25) is 0 Å². The van der Waals surface area contributed by atoms with E-state index < -0.39 is 12.0 Å². The van der Waals surface area contributed by atoms with E-state index in [1.54, 1.807) is 19.1 Å². The van der Waals surface area contributed by atoms with Gasteiger partial charge in [0, 0.05) is 16.8 Å². The van der Waals surface area contributed by atoms with Crippen molar-refractivity contribution >= 4 is 23.2 Å². The number of rotatable bonds is 2. The van der Waals surface area contributed by atoms with Crippen LogP contribution in [0.5, 0.6) is 0 Å². The van der Waals surface area contributed by atoms with Crippen molar-refractivity contribution in [2.24, 2.45) is 0 Å². The number of benzene rings is 1. The smallest absolute Gasteiger partial charge is 0.370 e. The molecule has 1 fully saturated rings. The summed E-state index contributed by atoms with van der Waals surface area (Å²) in [6.45, 7) is 4.49. The SMILES string of the molecule is Cc1cc(N2CC(c3cccc(Cl)c3)OCC2C)n2nc(C(F)(F)F)nc2n1. The van der Waals surface area contributed by atoms with Crippen LogP contribution in [0.3, 0.4) is 0 Å². The summed E-state index contributed by atoms with van der Waals surface area (Å²) < 4.78 is 46.3. The largest absolute Gasteiger partial charge is 0.453 e. The zero-order valence-corrected chi connectivity index (χ0v) is 15.9. The molecule has 3 heterocycles. The second-order valence-corrected chi connectivity index (χ2v) is 7.22. The quantitative estimate of drug-likeness (QED) is 0.636. The summed E-state index contributed by atoms with van der Waals surface area (Å²) in [5.41, 5.74) is 1.46. The number of hydrogen-bond acceptors (Lipinski definition) is 5. The molecule has 10 heteroatoms. The third-order valence-corrected chi connectivity index (χ3v) is 4.86. The summed E-state index contributed by atoms with van der Waals surface area (Å²) in [6, 6.07) is 8.99. The Morgan fingerprint density at radius 2 is 2.00 bits per heavy atom. The number of hydrogen-bond donors (Lipinski definition) is 0. The van der Waals surface area contributed by atoms with E-state index in [2.05, 4.69) is 15.1 Å². The van der Waals surface area contributed by atoms with Crippen LogP contribution in [-0.4, -0.2) is 38.8 Å². The van der Waals surface area contributed by atoms with Gasteiger partial charge in [-0.1, -0.05) is 23.7 Å². The fourth-order valence-electron chi connectivity index (χ4n) is 3.28. The first kappa shape index (κ1) is 18.9. The Kier molecular flexibility index (Phi) is 4.67. The van der Waals surface area contributed by atoms with Crippen LogP contribution in [0, 0.1) is 6.92 Å². The van der Waals surface area contributed by atoms with Crippen LogP contribution < -0.4 is 4.90 Å². The van der Waals surface area contributed by atoms with E-state index >= 15 is 0 Å². The number of morpholine rings is 1. The number of fused-ring (bicyclic) bond motifs is 1. The van der Waals surface area contributed by atoms with Crippen molar-refractivity contribution in [3.8, 4) is 0 Å². The van der Waals surface area contributed by atoms with Gasteiger partial charge in [0.1, 0.15) is 11.9 Å². The molecule has 0 amide bonds. The van der Waals surface area contributed by atoms with Crippen LogP contribution in [0.15, 0.2) is 30.3 Å². The van der Waals surface area contributed by atoms with Crippen molar-refractivity contribution in [3.63, 3.8) is 0 Å². The number of aromatic nitrogens is 4. The highest BCUT2D eigenvalue weighted by Crippen LogP contribution is 2.32. The molecule has 6 nitrogen and oxygen atoms in total. The summed E-state index contributed by atoms with van der Waals surface area (Å²) >= 11 is 6.08. The van der Waals surface area contributed by atoms with Gasteiger partial charge in [-0.3, -0.25) is 0 Å². The Balaban J connectivity index is 1.76. The first-order valence-corrected chi connectivity index (χ1v) is 9.05. The summed E-state index contributed by atoms with van der Waals surface area (Å²) in [6.07, 6.45) is -4.91. The lowest BCUT2D eigenvalue weighted by molar-refractivity contribution is -0.144. The maximum Gasteiger partial charge on any atom is 0.453 e. The zero-order valence-electron chi connectivity index (χ0n) is 15.1. The number of anilines is 1. The third-order valence-electron chi connectivity index (χ3n) is 4.62. The zero-order chi connectivity index (χ0) is 20.1. The topological polar surface area (TPSA) is 55.6 Å². The fourth-order valence-corrected chi connectivity index (χ4v) is 3.48. The number of nitrogens with zero attached hydrogens (tertiary/aromatic N) is 5. The maximum absolute atomic E-state index is 13.1. The second kappa shape index (κ2) is 6.89. The molecular weight excluding hydrogens is 395 g/mol. The Labute approximate surface area is 163 Å². The highest BCUT2D eigenvalue weighted by atomic mass is 35.5. The molecule has 148 valence electrons. The lowest BCUT2D eigenvalue weighted by atomic mass is 10.1. The first-order chi connectivity index (χ1) is 13.2. The van der Waals surface area contributed by atoms with E-state index in [4.69, 9.17) is 16.3 Å². The van der Waals surface area contributed by atoms with Crippen LogP contribution in [0.2, 0.25) is 5.02 Å². The molecule has 1 aromatic carbocycles. The van der Waals surface area contributed by atoms with Crippen molar-refractivity contribution in [1.29, 1.82) is 0 Å². The van der Waals surface area contributed by atoms with Crippen molar-refractivity contribution < 1.29 is 17.9 Å². The summed E-state index contributed by atoms with van der Waals surface area (Å²) in [5, 5.41) is 4.26. The summed E-state index contributed by atoms with van der Waals surface area (Å²) in [5.74, 6) is -0.798. The Bertz CT molecular complexity index is 1020. The minimum Gasteiger partial charge on any atom is -0.370 e. The molecule has 0 N–H and O–H groups in total. The average Bonchev–Trinajstić information content (AvgIpc) is 3.06. The van der Waals surface area contributed by atoms with Gasteiger partial charge >= 0.3 is 6.18 Å². The number of ether oxygens (including phenoxy) is 1. The van der Waals surface area contributed by atoms with E-state index in [9.17, 15) is 13.2 Å². The summed E-state index contributed by atoms with van der Waals surface area (Å²) in [4.78, 5) is 9.61. The first-order valence-electron chi connectivity index (χ1n) is 8.67. The molecule has 2 aromatic heterocycles. The monoisotopic (exact) mass is 411 g/mol. The molecule has 1 saturated heterocycles. The molecule has 2 atom stereocenters. The van der Waals surface area contributed by atoms with Crippen LogP contribution in [0.4, 0.5) is 19.0 Å². The predicted molar refractivity (Wildman–Crippen MR) is 97.5 cm³/mol.